The van der Waals surface area contributed by atoms with Gasteiger partial charge in [0.1, 0.15) is 23.3 Å². The molecule has 1 aliphatic heterocycles. The number of amides is 1. The summed E-state index contributed by atoms with van der Waals surface area (Å²) >= 11 is 0. The largest absolute Gasteiger partial charge is 0.354 e. The number of aromatic nitrogens is 3. The van der Waals surface area contributed by atoms with E-state index in [-0.39, 0.29) is 11.6 Å². The monoisotopic (exact) mass is 459 g/mol. The van der Waals surface area contributed by atoms with E-state index in [2.05, 4.69) is 21.1 Å². The van der Waals surface area contributed by atoms with Crippen LogP contribution in [0.3, 0.4) is 0 Å². The molecule has 0 bridgehead atoms. The third kappa shape index (κ3) is 4.59. The number of hydrogen-bond donors (Lipinski definition) is 0. The fourth-order valence-electron chi connectivity index (χ4n) is 4.28. The maximum Gasteiger partial charge on any atom is 0.312 e. The van der Waals surface area contributed by atoms with Gasteiger partial charge in [-0.25, -0.2) is 4.98 Å². The molecular formula is C24H25N7O3. The predicted molar refractivity (Wildman–Crippen MR) is 126 cm³/mol. The van der Waals surface area contributed by atoms with Crippen molar-refractivity contribution < 1.29 is 9.72 Å². The van der Waals surface area contributed by atoms with E-state index in [1.165, 1.54) is 0 Å². The number of carbonyl (C=O) groups is 1. The van der Waals surface area contributed by atoms with Gasteiger partial charge >= 0.3 is 5.69 Å². The lowest BCUT2D eigenvalue weighted by molar-refractivity contribution is -0.386. The molecule has 1 aromatic carbocycles. The number of anilines is 1. The molecule has 0 radical (unpaired) electrons. The first kappa shape index (κ1) is 22.9. The molecule has 34 heavy (non-hydrogen) atoms. The van der Waals surface area contributed by atoms with Crippen molar-refractivity contribution >= 4 is 17.4 Å². The highest BCUT2D eigenvalue weighted by Gasteiger charge is 2.23. The Labute approximate surface area is 197 Å². The van der Waals surface area contributed by atoms with Gasteiger partial charge in [0, 0.05) is 37.9 Å². The number of benzene rings is 1. The summed E-state index contributed by atoms with van der Waals surface area (Å²) in [4.78, 5) is 32.2. The van der Waals surface area contributed by atoms with Crippen LogP contribution in [0.25, 0.3) is 0 Å². The minimum atomic E-state index is -0.409. The van der Waals surface area contributed by atoms with Crippen molar-refractivity contribution in [2.45, 2.75) is 26.8 Å². The second-order valence-electron chi connectivity index (χ2n) is 8.25. The molecule has 3 aromatic rings. The van der Waals surface area contributed by atoms with E-state index in [1.54, 1.807) is 49.0 Å². The number of carbonyl (C=O) groups excluding carboxylic acids is 1. The van der Waals surface area contributed by atoms with Gasteiger partial charge in [0.15, 0.2) is 0 Å². The second-order valence-corrected chi connectivity index (χ2v) is 8.25. The zero-order chi connectivity index (χ0) is 24.2. The Morgan fingerprint density at radius 2 is 1.91 bits per heavy atom. The van der Waals surface area contributed by atoms with E-state index in [0.29, 0.717) is 54.5 Å². The number of nitriles is 1. The zero-order valence-electron chi connectivity index (χ0n) is 19.1. The van der Waals surface area contributed by atoms with E-state index < -0.39 is 4.92 Å². The van der Waals surface area contributed by atoms with Gasteiger partial charge in [-0.3, -0.25) is 19.6 Å². The van der Waals surface area contributed by atoms with Crippen LogP contribution in [-0.2, 0) is 6.54 Å². The Balaban J connectivity index is 1.42. The molecule has 1 aliphatic rings. The number of pyridine rings is 1. The Morgan fingerprint density at radius 1 is 1.15 bits per heavy atom. The first-order chi connectivity index (χ1) is 16.4. The smallest absolute Gasteiger partial charge is 0.312 e. The summed E-state index contributed by atoms with van der Waals surface area (Å²) in [6, 6.07) is 13.0. The topological polar surface area (TPSA) is 121 Å². The van der Waals surface area contributed by atoms with E-state index in [0.717, 1.165) is 18.5 Å². The first-order valence-corrected chi connectivity index (χ1v) is 11.1. The summed E-state index contributed by atoms with van der Waals surface area (Å²) in [5.74, 6) is 0.615. The number of hydrogen-bond acceptors (Lipinski definition) is 7. The normalized spacial score (nSPS) is 13.9. The number of aryl methyl sites for hydroxylation is 1. The third-order valence-electron chi connectivity index (χ3n) is 6.05. The molecule has 0 spiro atoms. The van der Waals surface area contributed by atoms with Crippen molar-refractivity contribution in [1.82, 2.24) is 19.7 Å². The van der Waals surface area contributed by atoms with Crippen LogP contribution in [0.5, 0.6) is 0 Å². The average molecular weight is 460 g/mol. The van der Waals surface area contributed by atoms with Crippen molar-refractivity contribution in [3.8, 4) is 6.07 Å². The molecule has 0 aliphatic carbocycles. The summed E-state index contributed by atoms with van der Waals surface area (Å²) in [6.07, 6.45) is 2.46. The van der Waals surface area contributed by atoms with Gasteiger partial charge in [0.05, 0.1) is 17.0 Å². The molecular weight excluding hydrogens is 434 g/mol. The van der Waals surface area contributed by atoms with Crippen LogP contribution in [0.2, 0.25) is 0 Å². The maximum atomic E-state index is 13.1. The highest BCUT2D eigenvalue weighted by atomic mass is 16.6. The van der Waals surface area contributed by atoms with Crippen molar-refractivity contribution in [2.24, 2.45) is 0 Å². The standard InChI is InChI=1S/C24H25N7O3/c1-17-22(31(33)34)18(2)30(27-17)16-19-6-8-20(9-7-19)24(32)29-12-4-11-28(13-14-29)23-21(15-25)5-3-10-26-23/h3,5-10H,4,11-14,16H2,1-2H3. The molecule has 0 atom stereocenters. The van der Waals surface area contributed by atoms with Crippen molar-refractivity contribution in [3.63, 3.8) is 0 Å². The molecule has 3 heterocycles. The highest BCUT2D eigenvalue weighted by Crippen LogP contribution is 2.23. The van der Waals surface area contributed by atoms with Gasteiger partial charge in [-0.1, -0.05) is 12.1 Å². The fourth-order valence-corrected chi connectivity index (χ4v) is 4.28. The maximum absolute atomic E-state index is 13.1. The second kappa shape index (κ2) is 9.70. The molecule has 2 aromatic heterocycles. The number of nitro groups is 1. The quantitative estimate of drug-likeness (QED) is 0.424. The lowest BCUT2D eigenvalue weighted by atomic mass is 10.1. The molecule has 0 unspecified atom stereocenters. The highest BCUT2D eigenvalue weighted by molar-refractivity contribution is 5.94. The number of nitrogens with zero attached hydrogens (tertiary/aromatic N) is 7. The Hall–Kier alpha value is -4.26. The molecule has 1 amide bonds. The van der Waals surface area contributed by atoms with Crippen LogP contribution in [-0.4, -0.2) is 56.7 Å². The van der Waals surface area contributed by atoms with E-state index in [1.807, 2.05) is 17.0 Å². The predicted octanol–water partition coefficient (Wildman–Crippen LogP) is 3.08. The average Bonchev–Trinajstić information content (AvgIpc) is 2.99. The van der Waals surface area contributed by atoms with E-state index >= 15 is 0 Å². The SMILES string of the molecule is Cc1nn(Cc2ccc(C(=O)N3CCCN(c4ncccc4C#N)CC3)cc2)c(C)c1[N+](=O)[O-]. The van der Waals surface area contributed by atoms with Gasteiger partial charge in [-0.2, -0.15) is 10.4 Å². The molecule has 1 saturated heterocycles. The van der Waals surface area contributed by atoms with Gasteiger partial charge in [-0.05, 0) is 50.1 Å². The van der Waals surface area contributed by atoms with Gasteiger partial charge in [-0.15, -0.1) is 0 Å². The lowest BCUT2D eigenvalue weighted by Crippen LogP contribution is -2.35. The van der Waals surface area contributed by atoms with Crippen LogP contribution >= 0.6 is 0 Å². The van der Waals surface area contributed by atoms with Crippen LogP contribution in [0.1, 0.15) is 39.3 Å². The Kier molecular flexibility index (Phi) is 6.54. The van der Waals surface area contributed by atoms with Crippen LogP contribution in [0, 0.1) is 35.3 Å². The van der Waals surface area contributed by atoms with Crippen molar-refractivity contribution in [1.29, 1.82) is 5.26 Å². The van der Waals surface area contributed by atoms with Crippen LogP contribution in [0.4, 0.5) is 11.5 Å². The lowest BCUT2D eigenvalue weighted by Gasteiger charge is -2.23. The fraction of sp³-hybridized carbons (Fsp3) is 0.333. The van der Waals surface area contributed by atoms with Crippen molar-refractivity contribution in [3.05, 3.63) is 80.8 Å². The minimum Gasteiger partial charge on any atom is -0.354 e. The summed E-state index contributed by atoms with van der Waals surface area (Å²) in [6.45, 7) is 6.19. The number of rotatable bonds is 5. The molecule has 0 saturated carbocycles. The molecule has 1 fully saturated rings. The summed E-state index contributed by atoms with van der Waals surface area (Å²) in [5, 5.41) is 24.9. The first-order valence-electron chi connectivity index (χ1n) is 11.1. The Bertz CT molecular complexity index is 1260. The summed E-state index contributed by atoms with van der Waals surface area (Å²) in [7, 11) is 0. The Morgan fingerprint density at radius 3 is 2.59 bits per heavy atom. The molecule has 0 N–H and O–H groups in total. The van der Waals surface area contributed by atoms with Crippen LogP contribution < -0.4 is 4.90 Å². The third-order valence-corrected chi connectivity index (χ3v) is 6.05. The van der Waals surface area contributed by atoms with E-state index in [9.17, 15) is 20.2 Å². The molecule has 10 heteroatoms. The van der Waals surface area contributed by atoms with Gasteiger partial charge < -0.3 is 9.80 Å². The van der Waals surface area contributed by atoms with E-state index in [4.69, 9.17) is 0 Å². The zero-order valence-corrected chi connectivity index (χ0v) is 19.1. The van der Waals surface area contributed by atoms with Gasteiger partial charge in [0.2, 0.25) is 0 Å². The summed E-state index contributed by atoms with van der Waals surface area (Å²) in [5.41, 5.74) is 2.95. The minimum absolute atomic E-state index is 0.0367. The van der Waals surface area contributed by atoms with Crippen LogP contribution in [0.15, 0.2) is 42.6 Å². The van der Waals surface area contributed by atoms with Crippen molar-refractivity contribution in [2.75, 3.05) is 31.1 Å². The summed E-state index contributed by atoms with van der Waals surface area (Å²) < 4.78 is 1.61. The molecule has 174 valence electrons. The van der Waals surface area contributed by atoms with Gasteiger partial charge in [0.25, 0.3) is 5.91 Å². The molecule has 4 rings (SSSR count). The molecule has 10 nitrogen and oxygen atoms in total.